The van der Waals surface area contributed by atoms with Gasteiger partial charge < -0.3 is 15.5 Å². The third-order valence-electron chi connectivity index (χ3n) is 2.81. The second-order valence-electron chi connectivity index (χ2n) is 4.89. The molecule has 0 heterocycles. The highest BCUT2D eigenvalue weighted by atomic mass is 35.5. The summed E-state index contributed by atoms with van der Waals surface area (Å²) < 4.78 is 24.6. The molecule has 8 heteroatoms. The van der Waals surface area contributed by atoms with Gasteiger partial charge in [0.1, 0.15) is 5.75 Å². The van der Waals surface area contributed by atoms with Gasteiger partial charge in [-0.2, -0.15) is 0 Å². The van der Waals surface area contributed by atoms with Crippen LogP contribution in [-0.2, 0) is 10.0 Å². The van der Waals surface area contributed by atoms with Gasteiger partial charge in [0.2, 0.25) is 10.0 Å². The van der Waals surface area contributed by atoms with Gasteiger partial charge in [0.25, 0.3) is 0 Å². The standard InChI is InChI=1S/C12H18N2O4S.ClH/c1-19(17,18)14-10-4-8(5-11(15)6-10)12(16)7-13-9-2-3-9;/h4-6,9,12-16H,2-3,7H2,1H3;1H. The fourth-order valence-corrected chi connectivity index (χ4v) is 2.33. The first kappa shape index (κ1) is 17.0. The van der Waals surface area contributed by atoms with Crippen LogP contribution in [0.15, 0.2) is 18.2 Å². The van der Waals surface area contributed by atoms with Gasteiger partial charge in [0, 0.05) is 18.7 Å². The van der Waals surface area contributed by atoms with Crippen LogP contribution in [0, 0.1) is 0 Å². The zero-order chi connectivity index (χ0) is 14.0. The lowest BCUT2D eigenvalue weighted by Crippen LogP contribution is -2.23. The van der Waals surface area contributed by atoms with Crippen molar-refractivity contribution >= 4 is 28.1 Å². The number of hydrogen-bond donors (Lipinski definition) is 4. The van der Waals surface area contributed by atoms with Crippen molar-refractivity contribution in [1.29, 1.82) is 0 Å². The van der Waals surface area contributed by atoms with Crippen LogP contribution >= 0.6 is 12.4 Å². The van der Waals surface area contributed by atoms with Crippen LogP contribution in [0.25, 0.3) is 0 Å². The summed E-state index contributed by atoms with van der Waals surface area (Å²) in [5, 5.41) is 22.7. The zero-order valence-electron chi connectivity index (χ0n) is 11.0. The fourth-order valence-electron chi connectivity index (χ4n) is 1.78. The Kier molecular flexibility index (Phi) is 5.64. The number of aromatic hydroxyl groups is 1. The van der Waals surface area contributed by atoms with Gasteiger partial charge in [0.05, 0.1) is 18.0 Å². The first-order valence-electron chi connectivity index (χ1n) is 6.07. The highest BCUT2D eigenvalue weighted by molar-refractivity contribution is 7.92. The minimum absolute atomic E-state index is 0. The molecule has 1 aliphatic carbocycles. The van der Waals surface area contributed by atoms with Gasteiger partial charge in [-0.1, -0.05) is 0 Å². The van der Waals surface area contributed by atoms with Crippen LogP contribution in [0.4, 0.5) is 5.69 Å². The Bertz CT molecular complexity index is 561. The first-order chi connectivity index (χ1) is 8.83. The van der Waals surface area contributed by atoms with Gasteiger partial charge in [-0.05, 0) is 30.5 Å². The van der Waals surface area contributed by atoms with Crippen LogP contribution in [-0.4, -0.2) is 37.5 Å². The van der Waals surface area contributed by atoms with Crippen molar-refractivity contribution in [2.24, 2.45) is 0 Å². The van der Waals surface area contributed by atoms with Crippen molar-refractivity contribution in [3.63, 3.8) is 0 Å². The van der Waals surface area contributed by atoms with Gasteiger partial charge in [-0.3, -0.25) is 4.72 Å². The molecule has 1 atom stereocenters. The van der Waals surface area contributed by atoms with Crippen molar-refractivity contribution < 1.29 is 18.6 Å². The summed E-state index contributed by atoms with van der Waals surface area (Å²) in [6.07, 6.45) is 2.48. The molecule has 1 aromatic carbocycles. The Morgan fingerprint density at radius 1 is 1.35 bits per heavy atom. The van der Waals surface area contributed by atoms with Crippen LogP contribution in [0.1, 0.15) is 24.5 Å². The van der Waals surface area contributed by atoms with E-state index in [1.165, 1.54) is 18.2 Å². The number of aliphatic hydroxyl groups is 1. The Balaban J connectivity index is 0.00000200. The predicted octanol–water partition coefficient (Wildman–Crippen LogP) is 0.971. The normalized spacial score (nSPS) is 16.3. The minimum Gasteiger partial charge on any atom is -0.508 e. The lowest BCUT2D eigenvalue weighted by Gasteiger charge is -2.14. The van der Waals surface area contributed by atoms with Crippen molar-refractivity contribution in [2.45, 2.75) is 25.0 Å². The third-order valence-corrected chi connectivity index (χ3v) is 3.41. The van der Waals surface area contributed by atoms with Gasteiger partial charge >= 0.3 is 0 Å². The number of hydrogen-bond acceptors (Lipinski definition) is 5. The monoisotopic (exact) mass is 322 g/mol. The van der Waals surface area contributed by atoms with E-state index in [0.717, 1.165) is 19.1 Å². The number of nitrogens with one attached hydrogen (secondary N) is 2. The Hall–Kier alpha value is -1.02. The third kappa shape index (κ3) is 5.54. The molecule has 0 amide bonds. The lowest BCUT2D eigenvalue weighted by molar-refractivity contribution is 0.174. The van der Waals surface area contributed by atoms with E-state index < -0.39 is 16.1 Å². The van der Waals surface area contributed by atoms with E-state index in [9.17, 15) is 18.6 Å². The van der Waals surface area contributed by atoms with Crippen LogP contribution in [0.2, 0.25) is 0 Å². The molecule has 4 N–H and O–H groups in total. The SMILES string of the molecule is CS(=O)(=O)Nc1cc(O)cc(C(O)CNC2CC2)c1.Cl. The molecule has 0 aromatic heterocycles. The molecule has 0 radical (unpaired) electrons. The molecule has 0 spiro atoms. The summed E-state index contributed by atoms with van der Waals surface area (Å²) in [4.78, 5) is 0. The number of phenolic OH excluding ortho intramolecular Hbond substituents is 1. The van der Waals surface area contributed by atoms with Gasteiger partial charge in [-0.15, -0.1) is 12.4 Å². The molecule has 0 bridgehead atoms. The number of rotatable bonds is 6. The van der Waals surface area contributed by atoms with Gasteiger partial charge in [-0.25, -0.2) is 8.42 Å². The molecule has 20 heavy (non-hydrogen) atoms. The van der Waals surface area contributed by atoms with Gasteiger partial charge in [0.15, 0.2) is 0 Å². The largest absolute Gasteiger partial charge is 0.508 e. The second-order valence-corrected chi connectivity index (χ2v) is 6.63. The zero-order valence-corrected chi connectivity index (χ0v) is 12.7. The minimum atomic E-state index is -3.41. The van der Waals surface area contributed by atoms with Crippen LogP contribution < -0.4 is 10.0 Å². The molecule has 1 fully saturated rings. The van der Waals surface area contributed by atoms with Crippen LogP contribution in [0.5, 0.6) is 5.75 Å². The molecule has 0 saturated heterocycles. The summed E-state index contributed by atoms with van der Waals surface area (Å²) in [5.74, 6) is -0.0888. The smallest absolute Gasteiger partial charge is 0.229 e. The average molecular weight is 323 g/mol. The van der Waals surface area contributed by atoms with Crippen molar-refractivity contribution in [2.75, 3.05) is 17.5 Å². The summed E-state index contributed by atoms with van der Waals surface area (Å²) in [5.41, 5.74) is 0.710. The van der Waals surface area contributed by atoms with E-state index in [1.807, 2.05) is 0 Å². The van der Waals surface area contributed by atoms with Crippen LogP contribution in [0.3, 0.4) is 0 Å². The quantitative estimate of drug-likeness (QED) is 0.625. The van der Waals surface area contributed by atoms with Crippen molar-refractivity contribution in [3.8, 4) is 5.75 Å². The molecule has 2 rings (SSSR count). The molecule has 1 aromatic rings. The Morgan fingerprint density at radius 2 is 2.00 bits per heavy atom. The summed E-state index contributed by atoms with van der Waals surface area (Å²) in [7, 11) is -3.41. The van der Waals surface area contributed by atoms with Crippen molar-refractivity contribution in [3.05, 3.63) is 23.8 Å². The number of aliphatic hydroxyl groups excluding tert-OH is 1. The molecule has 1 unspecified atom stereocenters. The molecule has 1 aliphatic rings. The van der Waals surface area contributed by atoms with Crippen molar-refractivity contribution in [1.82, 2.24) is 5.32 Å². The van der Waals surface area contributed by atoms with E-state index in [2.05, 4.69) is 10.0 Å². The molecule has 1 saturated carbocycles. The number of benzene rings is 1. The van der Waals surface area contributed by atoms with E-state index in [4.69, 9.17) is 0 Å². The number of phenols is 1. The number of sulfonamides is 1. The maximum atomic E-state index is 11.1. The molecular formula is C12H19ClN2O4S. The lowest BCUT2D eigenvalue weighted by atomic mass is 10.1. The number of halogens is 1. The second kappa shape index (κ2) is 6.62. The van der Waals surface area contributed by atoms with E-state index in [0.29, 0.717) is 18.2 Å². The summed E-state index contributed by atoms with van der Waals surface area (Å²) >= 11 is 0. The molecule has 114 valence electrons. The molecule has 0 aliphatic heterocycles. The topological polar surface area (TPSA) is 98.7 Å². The van der Waals surface area contributed by atoms with E-state index in [1.54, 1.807) is 0 Å². The average Bonchev–Trinajstić information content (AvgIpc) is 3.06. The Labute approximate surface area is 124 Å². The summed E-state index contributed by atoms with van der Waals surface area (Å²) in [6.45, 7) is 0.381. The maximum absolute atomic E-state index is 11.1. The van der Waals surface area contributed by atoms with E-state index >= 15 is 0 Å². The first-order valence-corrected chi connectivity index (χ1v) is 7.96. The Morgan fingerprint density at radius 3 is 2.55 bits per heavy atom. The summed E-state index contributed by atoms with van der Waals surface area (Å²) in [6, 6.07) is 4.71. The van der Waals surface area contributed by atoms with E-state index in [-0.39, 0.29) is 23.8 Å². The molecule has 6 nitrogen and oxygen atoms in total. The maximum Gasteiger partial charge on any atom is 0.229 e. The predicted molar refractivity (Wildman–Crippen MR) is 79.8 cm³/mol. The number of anilines is 1. The highest BCUT2D eigenvalue weighted by Gasteiger charge is 2.22. The highest BCUT2D eigenvalue weighted by Crippen LogP contribution is 2.26. The molecular weight excluding hydrogens is 304 g/mol. The fraction of sp³-hybridized carbons (Fsp3) is 0.500.